The van der Waals surface area contributed by atoms with Gasteiger partial charge in [-0.3, -0.25) is 14.6 Å². The van der Waals surface area contributed by atoms with E-state index in [1.807, 2.05) is 13.8 Å². The molecule has 3 N–H and O–H groups in total. The van der Waals surface area contributed by atoms with Crippen LogP contribution in [-0.2, 0) is 4.79 Å². The SMILES string of the molecule is CCCNC(=O)CNc1ccnc(C(=O)NCC)c1. The number of amides is 2. The lowest BCUT2D eigenvalue weighted by Crippen LogP contribution is -2.30. The normalized spacial score (nSPS) is 9.79. The van der Waals surface area contributed by atoms with Crippen LogP contribution < -0.4 is 16.0 Å². The van der Waals surface area contributed by atoms with Crippen molar-refractivity contribution in [3.8, 4) is 0 Å². The van der Waals surface area contributed by atoms with Gasteiger partial charge in [0.2, 0.25) is 5.91 Å². The maximum Gasteiger partial charge on any atom is 0.269 e. The summed E-state index contributed by atoms with van der Waals surface area (Å²) in [5.41, 5.74) is 1.03. The van der Waals surface area contributed by atoms with Crippen molar-refractivity contribution >= 4 is 17.5 Å². The van der Waals surface area contributed by atoms with Crippen LogP contribution in [0.5, 0.6) is 0 Å². The molecule has 1 aromatic heterocycles. The van der Waals surface area contributed by atoms with Crippen LogP contribution in [-0.4, -0.2) is 36.4 Å². The number of nitrogens with zero attached hydrogens (tertiary/aromatic N) is 1. The molecule has 1 aromatic rings. The van der Waals surface area contributed by atoms with E-state index in [4.69, 9.17) is 0 Å². The maximum atomic E-state index is 11.6. The summed E-state index contributed by atoms with van der Waals surface area (Å²) in [6.45, 7) is 5.24. The van der Waals surface area contributed by atoms with Gasteiger partial charge >= 0.3 is 0 Å². The summed E-state index contributed by atoms with van der Waals surface area (Å²) in [7, 11) is 0. The van der Waals surface area contributed by atoms with E-state index in [9.17, 15) is 9.59 Å². The van der Waals surface area contributed by atoms with Gasteiger partial charge in [0.25, 0.3) is 5.91 Å². The smallest absolute Gasteiger partial charge is 0.269 e. The summed E-state index contributed by atoms with van der Waals surface area (Å²) in [6.07, 6.45) is 2.44. The van der Waals surface area contributed by atoms with E-state index < -0.39 is 0 Å². The molecule has 0 aromatic carbocycles. The number of anilines is 1. The van der Waals surface area contributed by atoms with E-state index in [-0.39, 0.29) is 18.4 Å². The van der Waals surface area contributed by atoms with Crippen molar-refractivity contribution in [1.29, 1.82) is 0 Å². The van der Waals surface area contributed by atoms with Crippen LogP contribution in [0.4, 0.5) is 5.69 Å². The molecule has 6 heteroatoms. The van der Waals surface area contributed by atoms with Crippen molar-refractivity contribution in [3.05, 3.63) is 24.0 Å². The van der Waals surface area contributed by atoms with E-state index >= 15 is 0 Å². The highest BCUT2D eigenvalue weighted by atomic mass is 16.2. The van der Waals surface area contributed by atoms with Gasteiger partial charge in [-0.25, -0.2) is 0 Å². The van der Waals surface area contributed by atoms with Gasteiger partial charge in [0, 0.05) is 25.0 Å². The topological polar surface area (TPSA) is 83.1 Å². The predicted octanol–water partition coefficient (Wildman–Crippen LogP) is 0.769. The second-order valence-electron chi connectivity index (χ2n) is 3.99. The molecule has 1 rings (SSSR count). The summed E-state index contributed by atoms with van der Waals surface area (Å²) in [5, 5.41) is 8.40. The van der Waals surface area contributed by atoms with Gasteiger partial charge in [-0.15, -0.1) is 0 Å². The van der Waals surface area contributed by atoms with Crippen LogP contribution in [0.25, 0.3) is 0 Å². The number of hydrogen-bond acceptors (Lipinski definition) is 4. The Labute approximate surface area is 113 Å². The number of carbonyl (C=O) groups is 2. The molecular weight excluding hydrogens is 244 g/mol. The number of aromatic nitrogens is 1. The third-order valence-corrected chi connectivity index (χ3v) is 2.36. The molecule has 0 unspecified atom stereocenters. The zero-order valence-corrected chi connectivity index (χ0v) is 11.3. The maximum absolute atomic E-state index is 11.6. The van der Waals surface area contributed by atoms with Gasteiger partial charge in [0.1, 0.15) is 5.69 Å². The third-order valence-electron chi connectivity index (χ3n) is 2.36. The lowest BCUT2D eigenvalue weighted by molar-refractivity contribution is -0.119. The molecule has 19 heavy (non-hydrogen) atoms. The van der Waals surface area contributed by atoms with Crippen LogP contribution in [0.1, 0.15) is 30.8 Å². The van der Waals surface area contributed by atoms with Crippen molar-refractivity contribution in [2.24, 2.45) is 0 Å². The van der Waals surface area contributed by atoms with E-state index in [0.717, 1.165) is 6.42 Å². The average molecular weight is 264 g/mol. The predicted molar refractivity (Wildman–Crippen MR) is 74.0 cm³/mol. The van der Waals surface area contributed by atoms with Gasteiger partial charge in [-0.2, -0.15) is 0 Å². The fraction of sp³-hybridized carbons (Fsp3) is 0.462. The van der Waals surface area contributed by atoms with E-state index in [1.165, 1.54) is 6.20 Å². The van der Waals surface area contributed by atoms with Gasteiger partial charge in [0.15, 0.2) is 0 Å². The first kappa shape index (κ1) is 14.9. The van der Waals surface area contributed by atoms with Crippen molar-refractivity contribution in [2.75, 3.05) is 25.0 Å². The zero-order valence-electron chi connectivity index (χ0n) is 11.3. The Hall–Kier alpha value is -2.11. The molecule has 0 saturated carbocycles. The molecule has 0 aliphatic carbocycles. The summed E-state index contributed by atoms with van der Waals surface area (Å²) in [6, 6.07) is 3.34. The molecule has 2 amide bonds. The van der Waals surface area contributed by atoms with Crippen LogP contribution in [0.2, 0.25) is 0 Å². The Morgan fingerprint density at radius 3 is 2.74 bits per heavy atom. The monoisotopic (exact) mass is 264 g/mol. The van der Waals surface area contributed by atoms with Crippen molar-refractivity contribution in [3.63, 3.8) is 0 Å². The van der Waals surface area contributed by atoms with Crippen LogP contribution in [0.15, 0.2) is 18.3 Å². The second-order valence-corrected chi connectivity index (χ2v) is 3.99. The van der Waals surface area contributed by atoms with Crippen molar-refractivity contribution < 1.29 is 9.59 Å². The molecule has 0 fully saturated rings. The van der Waals surface area contributed by atoms with Crippen LogP contribution in [0, 0.1) is 0 Å². The quantitative estimate of drug-likeness (QED) is 0.679. The molecule has 1 heterocycles. The highest BCUT2D eigenvalue weighted by Crippen LogP contribution is 2.07. The number of nitrogens with one attached hydrogen (secondary N) is 3. The van der Waals surface area contributed by atoms with Gasteiger partial charge in [-0.05, 0) is 25.5 Å². The standard InChI is InChI=1S/C13H20N4O2/c1-3-6-16-12(18)9-17-10-5-7-15-11(8-10)13(19)14-4-2/h5,7-8H,3-4,6,9H2,1-2H3,(H,14,19)(H,15,17)(H,16,18). The highest BCUT2D eigenvalue weighted by Gasteiger charge is 2.07. The first-order valence-corrected chi connectivity index (χ1v) is 6.42. The Kier molecular flexibility index (Phi) is 6.35. The number of hydrogen-bond donors (Lipinski definition) is 3. The third kappa shape index (κ3) is 5.37. The summed E-state index contributed by atoms with van der Waals surface area (Å²) in [5.74, 6) is -0.292. The molecule has 0 saturated heterocycles. The molecule has 0 aliphatic rings. The van der Waals surface area contributed by atoms with Gasteiger partial charge in [-0.1, -0.05) is 6.92 Å². The lowest BCUT2D eigenvalue weighted by Gasteiger charge is -2.08. The lowest BCUT2D eigenvalue weighted by atomic mass is 10.3. The first-order chi connectivity index (χ1) is 9.17. The number of carbonyl (C=O) groups excluding carboxylic acids is 2. The van der Waals surface area contributed by atoms with Gasteiger partial charge in [0.05, 0.1) is 6.54 Å². The van der Waals surface area contributed by atoms with E-state index in [1.54, 1.807) is 12.1 Å². The molecule has 6 nitrogen and oxygen atoms in total. The Morgan fingerprint density at radius 1 is 1.26 bits per heavy atom. The minimum Gasteiger partial charge on any atom is -0.376 e. The molecule has 0 radical (unpaired) electrons. The summed E-state index contributed by atoms with van der Waals surface area (Å²) in [4.78, 5) is 27.0. The van der Waals surface area contributed by atoms with Crippen molar-refractivity contribution in [2.45, 2.75) is 20.3 Å². The van der Waals surface area contributed by atoms with Gasteiger partial charge < -0.3 is 16.0 Å². The second kappa shape index (κ2) is 8.07. The number of rotatable bonds is 7. The van der Waals surface area contributed by atoms with Crippen molar-refractivity contribution in [1.82, 2.24) is 15.6 Å². The largest absolute Gasteiger partial charge is 0.376 e. The van der Waals surface area contributed by atoms with Crippen LogP contribution in [0.3, 0.4) is 0 Å². The fourth-order valence-electron chi connectivity index (χ4n) is 1.43. The highest BCUT2D eigenvalue weighted by molar-refractivity contribution is 5.93. The molecule has 0 aliphatic heterocycles. The molecule has 0 spiro atoms. The molecular formula is C13H20N4O2. The minimum atomic E-state index is -0.221. The Bertz CT molecular complexity index is 434. The minimum absolute atomic E-state index is 0.0711. The fourth-order valence-corrected chi connectivity index (χ4v) is 1.43. The number of pyridine rings is 1. The molecule has 0 atom stereocenters. The van der Waals surface area contributed by atoms with E-state index in [0.29, 0.717) is 24.5 Å². The summed E-state index contributed by atoms with van der Waals surface area (Å²) >= 11 is 0. The molecule has 0 bridgehead atoms. The average Bonchev–Trinajstić information content (AvgIpc) is 2.43. The van der Waals surface area contributed by atoms with E-state index in [2.05, 4.69) is 20.9 Å². The Balaban J connectivity index is 2.52. The van der Waals surface area contributed by atoms with Crippen LogP contribution >= 0.6 is 0 Å². The summed E-state index contributed by atoms with van der Waals surface area (Å²) < 4.78 is 0. The first-order valence-electron chi connectivity index (χ1n) is 6.42. The zero-order chi connectivity index (χ0) is 14.1. The molecule has 104 valence electrons. The Morgan fingerprint density at radius 2 is 2.05 bits per heavy atom.